The molecule has 0 radical (unpaired) electrons. The fraction of sp³-hybridized carbons (Fsp3) is 0. The predicted octanol–water partition coefficient (Wildman–Crippen LogP) is 3.10. The molecule has 19 heteroatoms. The second-order valence-corrected chi connectivity index (χ2v) is 13.4. The van der Waals surface area contributed by atoms with E-state index in [0.29, 0.717) is 18.2 Å². The number of hydrogen-bond donors (Lipinski definition) is 5. The first-order chi connectivity index (χ1) is 17.8. The third-order valence-corrected chi connectivity index (χ3v) is 8.83. The molecule has 206 valence electrons. The molecule has 0 heterocycles. The van der Waals surface area contributed by atoms with Gasteiger partial charge >= 0.3 is 0 Å². The van der Waals surface area contributed by atoms with Gasteiger partial charge in [0.25, 0.3) is 40.5 Å². The molecular formula is C20H14N2O13S4. The van der Waals surface area contributed by atoms with E-state index in [0.717, 1.165) is 12.1 Å². The van der Waals surface area contributed by atoms with Crippen molar-refractivity contribution in [1.29, 1.82) is 0 Å². The number of nitrogens with zero attached hydrogens (tertiary/aromatic N) is 2. The molecule has 0 atom stereocenters. The number of fused-ring (bicyclic) bond motifs is 2. The molecule has 4 rings (SSSR count). The SMILES string of the molecule is O=S(=O)(O)c1cc(S(=O)(=O)O)c2c(N=Nc3ccc(S(=O)(=O)O)c4ccccc34)c(O)c(S(=O)(=O)O)cc2c1. The minimum Gasteiger partial charge on any atom is -0.504 e. The zero-order valence-electron chi connectivity index (χ0n) is 18.7. The second-order valence-electron chi connectivity index (χ2n) is 7.82. The lowest BCUT2D eigenvalue weighted by molar-refractivity contribution is 0.445. The summed E-state index contributed by atoms with van der Waals surface area (Å²) in [5.74, 6) is -1.35. The van der Waals surface area contributed by atoms with Crippen molar-refractivity contribution in [3.63, 3.8) is 0 Å². The van der Waals surface area contributed by atoms with Gasteiger partial charge in [0.2, 0.25) is 0 Å². The van der Waals surface area contributed by atoms with Gasteiger partial charge in [-0.25, -0.2) is 0 Å². The minimum atomic E-state index is -5.33. The fourth-order valence-electron chi connectivity index (χ4n) is 3.74. The Morgan fingerprint density at radius 3 is 1.67 bits per heavy atom. The monoisotopic (exact) mass is 618 g/mol. The molecular weight excluding hydrogens is 604 g/mol. The summed E-state index contributed by atoms with van der Waals surface area (Å²) in [7, 11) is -20.4. The van der Waals surface area contributed by atoms with E-state index in [1.807, 2.05) is 0 Å². The average Bonchev–Trinajstić information content (AvgIpc) is 2.79. The summed E-state index contributed by atoms with van der Waals surface area (Å²) < 4.78 is 133. The van der Waals surface area contributed by atoms with Crippen molar-refractivity contribution < 1.29 is 57.0 Å². The van der Waals surface area contributed by atoms with Crippen LogP contribution in [0.1, 0.15) is 0 Å². The Bertz CT molecular complexity index is 2170. The van der Waals surface area contributed by atoms with Gasteiger partial charge in [-0.15, -0.1) is 10.2 Å². The summed E-state index contributed by atoms with van der Waals surface area (Å²) >= 11 is 0. The van der Waals surface area contributed by atoms with Crippen molar-refractivity contribution in [1.82, 2.24) is 0 Å². The number of azo groups is 1. The van der Waals surface area contributed by atoms with Gasteiger partial charge in [-0.2, -0.15) is 33.7 Å². The Balaban J connectivity index is 2.15. The molecule has 15 nitrogen and oxygen atoms in total. The molecule has 5 N–H and O–H groups in total. The van der Waals surface area contributed by atoms with Crippen molar-refractivity contribution in [2.24, 2.45) is 10.2 Å². The topological polar surface area (TPSA) is 262 Å². The third kappa shape index (κ3) is 5.46. The Labute approximate surface area is 220 Å². The van der Waals surface area contributed by atoms with E-state index in [1.54, 1.807) is 0 Å². The van der Waals surface area contributed by atoms with E-state index in [4.69, 9.17) is 0 Å². The van der Waals surface area contributed by atoms with E-state index < -0.39 is 82.3 Å². The maximum absolute atomic E-state index is 12.1. The van der Waals surface area contributed by atoms with Crippen molar-refractivity contribution in [2.75, 3.05) is 0 Å². The molecule has 0 fully saturated rings. The van der Waals surface area contributed by atoms with Crippen LogP contribution in [0.3, 0.4) is 0 Å². The number of phenols is 1. The quantitative estimate of drug-likeness (QED) is 0.154. The van der Waals surface area contributed by atoms with E-state index in [9.17, 15) is 57.0 Å². The highest BCUT2D eigenvalue weighted by atomic mass is 32.2. The van der Waals surface area contributed by atoms with Crippen LogP contribution in [0.4, 0.5) is 11.4 Å². The van der Waals surface area contributed by atoms with Crippen LogP contribution in [-0.4, -0.2) is 57.0 Å². The Morgan fingerprint density at radius 1 is 0.564 bits per heavy atom. The first-order valence-electron chi connectivity index (χ1n) is 9.97. The maximum atomic E-state index is 12.1. The first kappa shape index (κ1) is 28.4. The molecule has 0 aromatic heterocycles. The molecule has 0 amide bonds. The van der Waals surface area contributed by atoms with E-state index in [-0.39, 0.29) is 16.5 Å². The summed E-state index contributed by atoms with van der Waals surface area (Å²) in [6.07, 6.45) is 0. The van der Waals surface area contributed by atoms with Gasteiger partial charge in [-0.1, -0.05) is 24.3 Å². The molecule has 4 aromatic rings. The lowest BCUT2D eigenvalue weighted by atomic mass is 10.1. The summed E-state index contributed by atoms with van der Waals surface area (Å²) in [5, 5.41) is 16.8. The number of rotatable bonds is 6. The number of phenolic OH excluding ortho intramolecular Hbond substituents is 1. The smallest absolute Gasteiger partial charge is 0.298 e. The van der Waals surface area contributed by atoms with Crippen molar-refractivity contribution in [3.05, 3.63) is 54.6 Å². The first-order valence-corrected chi connectivity index (χ1v) is 15.7. The molecule has 0 spiro atoms. The van der Waals surface area contributed by atoms with Crippen molar-refractivity contribution in [2.45, 2.75) is 19.6 Å². The van der Waals surface area contributed by atoms with Crippen LogP contribution in [0, 0.1) is 0 Å². The van der Waals surface area contributed by atoms with Gasteiger partial charge < -0.3 is 5.11 Å². The zero-order chi connectivity index (χ0) is 29.1. The molecule has 0 aliphatic carbocycles. The van der Waals surface area contributed by atoms with Crippen LogP contribution < -0.4 is 0 Å². The van der Waals surface area contributed by atoms with Crippen LogP contribution in [0.5, 0.6) is 5.75 Å². The van der Waals surface area contributed by atoms with E-state index >= 15 is 0 Å². The van der Waals surface area contributed by atoms with Crippen LogP contribution in [-0.2, 0) is 40.5 Å². The van der Waals surface area contributed by atoms with E-state index in [1.165, 1.54) is 24.3 Å². The average molecular weight is 619 g/mol. The molecule has 0 unspecified atom stereocenters. The van der Waals surface area contributed by atoms with Crippen LogP contribution in [0.15, 0.2) is 84.4 Å². The molecule has 0 saturated heterocycles. The van der Waals surface area contributed by atoms with Crippen molar-refractivity contribution in [3.8, 4) is 5.75 Å². The normalized spacial score (nSPS) is 13.4. The number of aromatic hydroxyl groups is 1. The molecule has 39 heavy (non-hydrogen) atoms. The largest absolute Gasteiger partial charge is 0.504 e. The van der Waals surface area contributed by atoms with Gasteiger partial charge in [-0.05, 0) is 35.7 Å². The fourth-order valence-corrected chi connectivity index (χ4v) is 6.42. The van der Waals surface area contributed by atoms with Crippen molar-refractivity contribution >= 4 is 73.4 Å². The van der Waals surface area contributed by atoms with Gasteiger partial charge in [0, 0.05) is 16.2 Å². The summed E-state index contributed by atoms with van der Waals surface area (Å²) in [6, 6.07) is 8.99. The van der Waals surface area contributed by atoms with E-state index in [2.05, 4.69) is 10.2 Å². The van der Waals surface area contributed by atoms with Gasteiger partial charge in [-0.3, -0.25) is 18.2 Å². The minimum absolute atomic E-state index is 0.0198. The molecule has 0 aliphatic rings. The van der Waals surface area contributed by atoms with Crippen LogP contribution in [0.25, 0.3) is 21.5 Å². The number of hydrogen-bond acceptors (Lipinski definition) is 11. The highest BCUT2D eigenvalue weighted by molar-refractivity contribution is 7.87. The van der Waals surface area contributed by atoms with Crippen LogP contribution in [0.2, 0.25) is 0 Å². The predicted molar refractivity (Wildman–Crippen MR) is 133 cm³/mol. The van der Waals surface area contributed by atoms with Gasteiger partial charge in [0.15, 0.2) is 5.75 Å². The molecule has 0 aliphatic heterocycles. The third-order valence-electron chi connectivity index (χ3n) is 5.34. The van der Waals surface area contributed by atoms with Gasteiger partial charge in [0.05, 0.1) is 10.6 Å². The lowest BCUT2D eigenvalue weighted by Crippen LogP contribution is -2.06. The molecule has 0 saturated carbocycles. The summed E-state index contributed by atoms with van der Waals surface area (Å²) in [5.41, 5.74) is -1.11. The maximum Gasteiger partial charge on any atom is 0.298 e. The molecule has 4 aromatic carbocycles. The van der Waals surface area contributed by atoms with Crippen LogP contribution >= 0.6 is 0 Å². The van der Waals surface area contributed by atoms with Gasteiger partial charge in [0.1, 0.15) is 20.4 Å². The number of benzene rings is 4. The standard InChI is InChI=1S/C20H14N2O13S4/c23-20-17(39(33,34)35)8-10-7-11(36(24,25)26)9-16(38(30,31)32)18(10)19(20)22-21-14-5-6-15(37(27,28)29)13-4-2-1-3-12(13)14/h1-9,23H,(H,24,25,26)(H,27,28,29)(H,30,31,32)(H,33,34,35). The second kappa shape index (κ2) is 9.27. The summed E-state index contributed by atoms with van der Waals surface area (Å²) in [6.45, 7) is 0. The zero-order valence-corrected chi connectivity index (χ0v) is 22.0. The Hall–Kier alpha value is -3.56. The Morgan fingerprint density at radius 2 is 1.13 bits per heavy atom. The molecule has 0 bridgehead atoms. The highest BCUT2D eigenvalue weighted by Gasteiger charge is 2.28. The highest BCUT2D eigenvalue weighted by Crippen LogP contribution is 2.45. The lowest BCUT2D eigenvalue weighted by Gasteiger charge is -2.13. The summed E-state index contributed by atoms with van der Waals surface area (Å²) in [4.78, 5) is -4.08. The Kier molecular flexibility index (Phi) is 6.77.